The highest BCUT2D eigenvalue weighted by molar-refractivity contribution is 5.97. The molecule has 0 spiro atoms. The monoisotopic (exact) mass is 790 g/mol. The van der Waals surface area contributed by atoms with Crippen LogP contribution in [0.25, 0.3) is 11.2 Å². The molecule has 1 unspecified atom stereocenters. The smallest absolute Gasteiger partial charge is 0.326 e. The Labute approximate surface area is 336 Å². The predicted molar refractivity (Wildman–Crippen MR) is 222 cm³/mol. The number of carbonyl (C=O) groups excluding carboxylic acids is 2. The van der Waals surface area contributed by atoms with E-state index in [0.717, 1.165) is 50.3 Å². The van der Waals surface area contributed by atoms with Gasteiger partial charge in [-0.15, -0.1) is 0 Å². The number of likely N-dealkylation sites (tertiary alicyclic amines) is 1. The molecule has 16 nitrogen and oxygen atoms in total. The molecular formula is C42H50N10O6. The van der Waals surface area contributed by atoms with Gasteiger partial charge in [0.15, 0.2) is 17.0 Å². The van der Waals surface area contributed by atoms with E-state index in [-0.39, 0.29) is 36.1 Å². The van der Waals surface area contributed by atoms with Gasteiger partial charge in [0.05, 0.1) is 18.4 Å². The molecule has 0 saturated carbocycles. The normalized spacial score (nSPS) is 13.5. The minimum atomic E-state index is -1.30. The lowest BCUT2D eigenvalue weighted by atomic mass is 10.0. The summed E-state index contributed by atoms with van der Waals surface area (Å²) in [4.78, 5) is 69.8. The second-order valence-corrected chi connectivity index (χ2v) is 14.0. The van der Waals surface area contributed by atoms with E-state index in [1.54, 1.807) is 18.3 Å². The van der Waals surface area contributed by atoms with Gasteiger partial charge in [0, 0.05) is 62.5 Å². The standard InChI is InChI=1S/C22H28N2O.C20H22N8O5/c1-2-22(25)24(20-11-7-4-8-12-20)21-14-17-23(18-15-21)16-13-19-9-5-3-6-10-19;1-28(9-11-8-23-17-15(24-11)16(21)26-20(22)27-17)12-4-2-10(3-5-12)18(31)25-13(19(32)33)6-7-14(29)30/h3-12,21H,2,13-18H2,1H3;2-5,8,13H,6-7,9H2,1H3,(H,25,31)(H,29,30)(H,32,33)(H4,21,22,23,26,27). The number of nitrogens with zero attached hydrogens (tertiary/aromatic N) is 7. The Hall–Kier alpha value is -6.68. The molecule has 304 valence electrons. The van der Waals surface area contributed by atoms with E-state index in [1.165, 1.54) is 17.7 Å². The van der Waals surface area contributed by atoms with E-state index in [1.807, 2.05) is 42.0 Å². The SMILES string of the molecule is CCC(=O)N(c1ccccc1)C1CCN(CCc2ccccc2)CC1.CN(Cc1cnc2nc(N)nc(N)c2n1)c1ccc(C(=O)NC(CCC(=O)O)C(=O)O)cc1. The maximum atomic E-state index is 12.5. The van der Waals surface area contributed by atoms with Crippen LogP contribution in [0.5, 0.6) is 0 Å². The molecule has 0 radical (unpaired) electrons. The van der Waals surface area contributed by atoms with Crippen LogP contribution in [0, 0.1) is 0 Å². The molecule has 1 fully saturated rings. The molecule has 16 heteroatoms. The van der Waals surface area contributed by atoms with E-state index in [4.69, 9.17) is 16.6 Å². The maximum Gasteiger partial charge on any atom is 0.326 e. The van der Waals surface area contributed by atoms with Crippen molar-refractivity contribution in [3.8, 4) is 0 Å². The zero-order chi connectivity index (χ0) is 41.6. The maximum absolute atomic E-state index is 12.5. The Morgan fingerprint density at radius 1 is 0.879 bits per heavy atom. The van der Waals surface area contributed by atoms with Crippen LogP contribution in [0.15, 0.2) is 91.1 Å². The first-order valence-corrected chi connectivity index (χ1v) is 19.2. The second-order valence-electron chi connectivity index (χ2n) is 14.0. The fourth-order valence-electron chi connectivity index (χ4n) is 6.68. The summed E-state index contributed by atoms with van der Waals surface area (Å²) in [6.45, 7) is 5.56. The Morgan fingerprint density at radius 3 is 2.16 bits per heavy atom. The molecule has 2 aromatic heterocycles. The number of fused-ring (bicyclic) bond motifs is 1. The summed E-state index contributed by atoms with van der Waals surface area (Å²) in [6, 6.07) is 26.3. The van der Waals surface area contributed by atoms with Gasteiger partial charge in [-0.3, -0.25) is 14.4 Å². The molecular weight excluding hydrogens is 741 g/mol. The zero-order valence-electron chi connectivity index (χ0n) is 32.7. The molecule has 3 aromatic carbocycles. The first-order chi connectivity index (χ1) is 27.9. The number of anilines is 4. The van der Waals surface area contributed by atoms with E-state index in [0.29, 0.717) is 35.9 Å². The number of aromatic nitrogens is 4. The fourth-order valence-corrected chi connectivity index (χ4v) is 6.68. The van der Waals surface area contributed by atoms with Crippen LogP contribution in [-0.4, -0.2) is 97.6 Å². The number of piperidine rings is 1. The highest BCUT2D eigenvalue weighted by Crippen LogP contribution is 2.25. The minimum absolute atomic E-state index is 0.0138. The van der Waals surface area contributed by atoms with Crippen molar-refractivity contribution in [2.75, 3.05) is 47.9 Å². The van der Waals surface area contributed by atoms with Gasteiger partial charge < -0.3 is 41.7 Å². The molecule has 1 saturated heterocycles. The Balaban J connectivity index is 0.000000229. The number of benzene rings is 3. The average Bonchev–Trinajstić information content (AvgIpc) is 3.23. The van der Waals surface area contributed by atoms with Gasteiger partial charge in [0.2, 0.25) is 11.9 Å². The van der Waals surface area contributed by atoms with Crippen molar-refractivity contribution in [1.29, 1.82) is 0 Å². The number of rotatable bonds is 15. The Kier molecular flexibility index (Phi) is 15.0. The number of hydrogen-bond donors (Lipinski definition) is 5. The molecule has 5 aromatic rings. The summed E-state index contributed by atoms with van der Waals surface area (Å²) in [5, 5.41) is 20.2. The number of aliphatic carboxylic acids is 2. The summed E-state index contributed by atoms with van der Waals surface area (Å²) in [7, 11) is 1.82. The van der Waals surface area contributed by atoms with Gasteiger partial charge in [-0.05, 0) is 67.6 Å². The summed E-state index contributed by atoms with van der Waals surface area (Å²) >= 11 is 0. The number of hydrogen-bond acceptors (Lipinski definition) is 12. The first kappa shape index (κ1) is 42.5. The summed E-state index contributed by atoms with van der Waals surface area (Å²) in [5.74, 6) is -2.68. The largest absolute Gasteiger partial charge is 0.481 e. The van der Waals surface area contributed by atoms with Crippen molar-refractivity contribution in [2.45, 2.75) is 64.1 Å². The third kappa shape index (κ3) is 11.9. The molecule has 7 N–H and O–H groups in total. The van der Waals surface area contributed by atoms with E-state index < -0.39 is 23.9 Å². The van der Waals surface area contributed by atoms with Crippen molar-refractivity contribution in [2.24, 2.45) is 0 Å². The third-order valence-electron chi connectivity index (χ3n) is 9.81. The number of amides is 2. The van der Waals surface area contributed by atoms with Gasteiger partial charge >= 0.3 is 11.9 Å². The predicted octanol–water partition coefficient (Wildman–Crippen LogP) is 4.41. The van der Waals surface area contributed by atoms with Gasteiger partial charge in [-0.25, -0.2) is 14.8 Å². The highest BCUT2D eigenvalue weighted by atomic mass is 16.4. The lowest BCUT2D eigenvalue weighted by Gasteiger charge is -2.38. The van der Waals surface area contributed by atoms with Crippen molar-refractivity contribution in [3.05, 3.63) is 108 Å². The molecule has 3 heterocycles. The van der Waals surface area contributed by atoms with Crippen LogP contribution < -0.4 is 26.6 Å². The van der Waals surface area contributed by atoms with Gasteiger partial charge in [0.1, 0.15) is 6.04 Å². The van der Waals surface area contributed by atoms with Crippen LogP contribution in [0.4, 0.5) is 23.1 Å². The number of carbonyl (C=O) groups is 4. The molecule has 0 bridgehead atoms. The number of carboxylic acid groups (broad SMARTS) is 2. The molecule has 1 atom stereocenters. The lowest BCUT2D eigenvalue weighted by Crippen LogP contribution is -2.47. The topological polar surface area (TPSA) is 234 Å². The molecule has 1 aliphatic rings. The zero-order valence-corrected chi connectivity index (χ0v) is 32.7. The number of nitrogens with two attached hydrogens (primary N) is 2. The van der Waals surface area contributed by atoms with Crippen LogP contribution in [0.1, 0.15) is 60.6 Å². The average molecular weight is 791 g/mol. The first-order valence-electron chi connectivity index (χ1n) is 19.2. The van der Waals surface area contributed by atoms with Crippen molar-refractivity contribution >= 4 is 58.1 Å². The molecule has 2 amide bonds. The third-order valence-corrected chi connectivity index (χ3v) is 9.81. The second kappa shape index (κ2) is 20.5. The summed E-state index contributed by atoms with van der Waals surface area (Å²) in [5.41, 5.74) is 16.1. The fraction of sp³-hybridized carbons (Fsp3) is 0.333. The van der Waals surface area contributed by atoms with Crippen molar-refractivity contribution < 1.29 is 29.4 Å². The van der Waals surface area contributed by atoms with Crippen molar-refractivity contribution in [1.82, 2.24) is 30.2 Å². The van der Waals surface area contributed by atoms with Crippen LogP contribution in [-0.2, 0) is 27.3 Å². The Morgan fingerprint density at radius 2 is 1.53 bits per heavy atom. The Bertz CT molecular complexity index is 2150. The van der Waals surface area contributed by atoms with Gasteiger partial charge in [-0.2, -0.15) is 9.97 Å². The molecule has 1 aliphatic heterocycles. The summed E-state index contributed by atoms with van der Waals surface area (Å²) in [6.07, 6.45) is 4.72. The molecule has 58 heavy (non-hydrogen) atoms. The lowest BCUT2D eigenvalue weighted by molar-refractivity contribution is -0.140. The number of carboxylic acids is 2. The van der Waals surface area contributed by atoms with Crippen LogP contribution >= 0.6 is 0 Å². The summed E-state index contributed by atoms with van der Waals surface area (Å²) < 4.78 is 0. The number of nitrogen functional groups attached to an aromatic ring is 2. The number of para-hydroxylation sites is 1. The van der Waals surface area contributed by atoms with E-state index in [9.17, 15) is 24.3 Å². The van der Waals surface area contributed by atoms with Crippen LogP contribution in [0.2, 0.25) is 0 Å². The van der Waals surface area contributed by atoms with E-state index >= 15 is 0 Å². The van der Waals surface area contributed by atoms with Gasteiger partial charge in [-0.1, -0.05) is 55.5 Å². The van der Waals surface area contributed by atoms with Gasteiger partial charge in [0.25, 0.3) is 5.91 Å². The number of nitrogens with one attached hydrogen (secondary N) is 1. The van der Waals surface area contributed by atoms with Crippen LogP contribution in [0.3, 0.4) is 0 Å². The highest BCUT2D eigenvalue weighted by Gasteiger charge is 2.28. The quantitative estimate of drug-likeness (QED) is 0.0989. The molecule has 0 aliphatic carbocycles. The minimum Gasteiger partial charge on any atom is -0.481 e. The van der Waals surface area contributed by atoms with Crippen molar-refractivity contribution in [3.63, 3.8) is 0 Å². The van der Waals surface area contributed by atoms with E-state index in [2.05, 4.69) is 72.6 Å². The molecule has 6 rings (SSSR count).